The van der Waals surface area contributed by atoms with Crippen molar-refractivity contribution in [3.05, 3.63) is 65.4 Å². The van der Waals surface area contributed by atoms with Crippen LogP contribution in [0.3, 0.4) is 0 Å². The Morgan fingerprint density at radius 2 is 1.78 bits per heavy atom. The normalized spacial score (nSPS) is 10.7. The first-order valence-corrected chi connectivity index (χ1v) is 8.78. The molecule has 140 valence electrons. The Bertz CT molecular complexity index is 974. The summed E-state index contributed by atoms with van der Waals surface area (Å²) in [4.78, 5) is 12.0. The standard InChI is InChI=1S/C22H23NO4/c1-5-17-20(22(24)25)14(2)23(15-9-7-6-8-10-15)21(17)18-12-11-16(26-3)13-19(18)27-4/h6-13H,5H2,1-4H3,(H,24,25). The molecule has 0 radical (unpaired) electrons. The van der Waals surface area contributed by atoms with E-state index >= 15 is 0 Å². The molecule has 0 aliphatic carbocycles. The molecule has 0 saturated carbocycles. The second-order valence-electron chi connectivity index (χ2n) is 6.18. The molecular formula is C22H23NO4. The molecule has 3 rings (SSSR count). The zero-order chi connectivity index (χ0) is 19.6. The van der Waals surface area contributed by atoms with Crippen LogP contribution in [0.1, 0.15) is 28.5 Å². The van der Waals surface area contributed by atoms with Gasteiger partial charge in [-0.3, -0.25) is 0 Å². The van der Waals surface area contributed by atoms with Crippen LogP contribution in [0.5, 0.6) is 11.5 Å². The van der Waals surface area contributed by atoms with Crippen LogP contribution in [0, 0.1) is 6.92 Å². The number of hydrogen-bond acceptors (Lipinski definition) is 3. The second kappa shape index (κ2) is 7.58. The molecule has 0 saturated heterocycles. The van der Waals surface area contributed by atoms with Crippen molar-refractivity contribution in [3.63, 3.8) is 0 Å². The van der Waals surface area contributed by atoms with E-state index in [0.717, 1.165) is 22.5 Å². The van der Waals surface area contributed by atoms with Crippen LogP contribution in [0.25, 0.3) is 16.9 Å². The molecule has 0 bridgehead atoms. The molecule has 2 aromatic carbocycles. The number of carboxylic acids is 1. The second-order valence-corrected chi connectivity index (χ2v) is 6.18. The third-order valence-corrected chi connectivity index (χ3v) is 4.75. The number of aromatic carboxylic acids is 1. The first-order chi connectivity index (χ1) is 13.0. The molecule has 0 unspecified atom stereocenters. The molecule has 5 heteroatoms. The highest BCUT2D eigenvalue weighted by atomic mass is 16.5. The van der Waals surface area contributed by atoms with Crippen molar-refractivity contribution < 1.29 is 19.4 Å². The van der Waals surface area contributed by atoms with E-state index in [2.05, 4.69) is 0 Å². The topological polar surface area (TPSA) is 60.7 Å². The number of nitrogens with zero attached hydrogens (tertiary/aromatic N) is 1. The van der Waals surface area contributed by atoms with Crippen LogP contribution >= 0.6 is 0 Å². The van der Waals surface area contributed by atoms with Gasteiger partial charge in [-0.2, -0.15) is 0 Å². The maximum atomic E-state index is 12.0. The van der Waals surface area contributed by atoms with Gasteiger partial charge in [0.05, 0.1) is 25.5 Å². The van der Waals surface area contributed by atoms with E-state index < -0.39 is 5.97 Å². The summed E-state index contributed by atoms with van der Waals surface area (Å²) in [5.41, 5.74) is 4.39. The van der Waals surface area contributed by atoms with Gasteiger partial charge in [0.15, 0.2) is 0 Å². The van der Waals surface area contributed by atoms with Gasteiger partial charge < -0.3 is 19.1 Å². The summed E-state index contributed by atoms with van der Waals surface area (Å²) in [5, 5.41) is 9.85. The van der Waals surface area contributed by atoms with Gasteiger partial charge in [-0.05, 0) is 43.2 Å². The molecule has 27 heavy (non-hydrogen) atoms. The van der Waals surface area contributed by atoms with Crippen LogP contribution in [0.4, 0.5) is 0 Å². The number of hydrogen-bond donors (Lipinski definition) is 1. The Morgan fingerprint density at radius 1 is 1.07 bits per heavy atom. The third kappa shape index (κ3) is 3.16. The maximum Gasteiger partial charge on any atom is 0.337 e. The summed E-state index contributed by atoms with van der Waals surface area (Å²) in [6, 6.07) is 15.3. The van der Waals surface area contributed by atoms with Gasteiger partial charge in [0, 0.05) is 23.0 Å². The van der Waals surface area contributed by atoms with Gasteiger partial charge in [0.2, 0.25) is 0 Å². The molecule has 0 aliphatic rings. The van der Waals surface area contributed by atoms with Crippen LogP contribution in [-0.4, -0.2) is 29.9 Å². The van der Waals surface area contributed by atoms with E-state index in [-0.39, 0.29) is 0 Å². The maximum absolute atomic E-state index is 12.0. The van der Waals surface area contributed by atoms with Crippen LogP contribution < -0.4 is 9.47 Å². The average Bonchev–Trinajstić information content (AvgIpc) is 3.00. The minimum atomic E-state index is -0.923. The van der Waals surface area contributed by atoms with Gasteiger partial charge in [0.25, 0.3) is 0 Å². The van der Waals surface area contributed by atoms with Gasteiger partial charge in [-0.15, -0.1) is 0 Å². The van der Waals surface area contributed by atoms with E-state index in [1.165, 1.54) is 0 Å². The lowest BCUT2D eigenvalue weighted by atomic mass is 10.0. The molecule has 1 heterocycles. The van der Waals surface area contributed by atoms with Gasteiger partial charge in [0.1, 0.15) is 11.5 Å². The Balaban J connectivity index is 2.42. The Hall–Kier alpha value is -3.21. The van der Waals surface area contributed by atoms with Crippen molar-refractivity contribution in [2.24, 2.45) is 0 Å². The largest absolute Gasteiger partial charge is 0.497 e. The number of benzene rings is 2. The summed E-state index contributed by atoms with van der Waals surface area (Å²) in [5.74, 6) is 0.394. The summed E-state index contributed by atoms with van der Waals surface area (Å²) >= 11 is 0. The minimum Gasteiger partial charge on any atom is -0.497 e. The highest BCUT2D eigenvalue weighted by molar-refractivity contribution is 5.95. The summed E-state index contributed by atoms with van der Waals surface area (Å²) < 4.78 is 12.9. The summed E-state index contributed by atoms with van der Waals surface area (Å²) in [6.07, 6.45) is 0.590. The molecule has 0 fully saturated rings. The highest BCUT2D eigenvalue weighted by Gasteiger charge is 2.27. The smallest absolute Gasteiger partial charge is 0.337 e. The van der Waals surface area contributed by atoms with Crippen molar-refractivity contribution >= 4 is 5.97 Å². The molecule has 0 aliphatic heterocycles. The first kappa shape index (κ1) is 18.6. The van der Waals surface area contributed by atoms with E-state index in [4.69, 9.17) is 9.47 Å². The molecule has 0 amide bonds. The monoisotopic (exact) mass is 365 g/mol. The number of carboxylic acid groups (broad SMARTS) is 1. The lowest BCUT2D eigenvalue weighted by Crippen LogP contribution is -2.03. The molecule has 0 spiro atoms. The summed E-state index contributed by atoms with van der Waals surface area (Å²) in [6.45, 7) is 3.81. The van der Waals surface area contributed by atoms with Crippen molar-refractivity contribution in [1.29, 1.82) is 0 Å². The molecular weight excluding hydrogens is 342 g/mol. The fourth-order valence-electron chi connectivity index (χ4n) is 3.56. The molecule has 0 atom stereocenters. The van der Waals surface area contributed by atoms with Crippen molar-refractivity contribution in [3.8, 4) is 28.4 Å². The fraction of sp³-hybridized carbons (Fsp3) is 0.227. The van der Waals surface area contributed by atoms with E-state index in [1.807, 2.05) is 66.9 Å². The number of aromatic nitrogens is 1. The number of ether oxygens (including phenoxy) is 2. The third-order valence-electron chi connectivity index (χ3n) is 4.75. The predicted molar refractivity (Wildman–Crippen MR) is 105 cm³/mol. The molecule has 3 aromatic rings. The van der Waals surface area contributed by atoms with Crippen molar-refractivity contribution in [1.82, 2.24) is 4.57 Å². The zero-order valence-electron chi connectivity index (χ0n) is 15.9. The number of methoxy groups -OCH3 is 2. The van der Waals surface area contributed by atoms with Gasteiger partial charge >= 0.3 is 5.97 Å². The van der Waals surface area contributed by atoms with E-state index in [1.54, 1.807) is 14.2 Å². The Morgan fingerprint density at radius 3 is 2.33 bits per heavy atom. The lowest BCUT2D eigenvalue weighted by molar-refractivity contribution is 0.0695. The molecule has 1 aromatic heterocycles. The van der Waals surface area contributed by atoms with Crippen LogP contribution in [0.15, 0.2) is 48.5 Å². The van der Waals surface area contributed by atoms with Gasteiger partial charge in [-0.25, -0.2) is 4.79 Å². The average molecular weight is 365 g/mol. The zero-order valence-corrected chi connectivity index (χ0v) is 15.9. The lowest BCUT2D eigenvalue weighted by Gasteiger charge is -2.16. The highest BCUT2D eigenvalue weighted by Crippen LogP contribution is 2.40. The van der Waals surface area contributed by atoms with E-state index in [0.29, 0.717) is 29.2 Å². The van der Waals surface area contributed by atoms with E-state index in [9.17, 15) is 9.90 Å². The molecule has 1 N–H and O–H groups in total. The number of rotatable bonds is 6. The van der Waals surface area contributed by atoms with Crippen molar-refractivity contribution in [2.45, 2.75) is 20.3 Å². The fourth-order valence-corrected chi connectivity index (χ4v) is 3.56. The Labute approximate surface area is 158 Å². The first-order valence-electron chi connectivity index (χ1n) is 8.78. The quantitative estimate of drug-likeness (QED) is 0.686. The SMILES string of the molecule is CCc1c(C(=O)O)c(C)n(-c2ccccc2)c1-c1ccc(OC)cc1OC. The molecule has 5 nitrogen and oxygen atoms in total. The Kier molecular flexibility index (Phi) is 5.21. The summed E-state index contributed by atoms with van der Waals surface area (Å²) in [7, 11) is 3.20. The minimum absolute atomic E-state index is 0.342. The van der Waals surface area contributed by atoms with Gasteiger partial charge in [-0.1, -0.05) is 25.1 Å². The number of carbonyl (C=O) groups is 1. The van der Waals surface area contributed by atoms with Crippen LogP contribution in [0.2, 0.25) is 0 Å². The van der Waals surface area contributed by atoms with Crippen molar-refractivity contribution in [2.75, 3.05) is 14.2 Å². The number of para-hydroxylation sites is 1. The predicted octanol–water partition coefficient (Wildman–Crippen LogP) is 4.73. The van der Waals surface area contributed by atoms with Crippen LogP contribution in [-0.2, 0) is 6.42 Å².